The summed E-state index contributed by atoms with van der Waals surface area (Å²) in [5, 5.41) is 3.54. The summed E-state index contributed by atoms with van der Waals surface area (Å²) in [5.41, 5.74) is 1.37. The van der Waals surface area contributed by atoms with Gasteiger partial charge in [-0.05, 0) is 18.9 Å². The minimum atomic E-state index is 0.744. The fourth-order valence-electron chi connectivity index (χ4n) is 2.75. The fraction of sp³-hybridized carbons (Fsp3) is 0.647. The minimum Gasteiger partial charge on any atom is -0.311 e. The lowest BCUT2D eigenvalue weighted by molar-refractivity contribution is 0.101. The molecule has 20 heavy (non-hydrogen) atoms. The van der Waals surface area contributed by atoms with E-state index in [-0.39, 0.29) is 0 Å². The average molecular weight is 275 g/mol. The van der Waals surface area contributed by atoms with Crippen molar-refractivity contribution < 1.29 is 0 Å². The van der Waals surface area contributed by atoms with Crippen LogP contribution in [0.4, 0.5) is 0 Å². The molecule has 0 spiro atoms. The molecule has 0 amide bonds. The van der Waals surface area contributed by atoms with Crippen molar-refractivity contribution in [1.29, 1.82) is 0 Å². The van der Waals surface area contributed by atoms with Crippen molar-refractivity contribution in [2.24, 2.45) is 0 Å². The Morgan fingerprint density at radius 1 is 1.10 bits per heavy atom. The van der Waals surface area contributed by atoms with E-state index in [1.807, 2.05) is 0 Å². The van der Waals surface area contributed by atoms with Crippen LogP contribution in [0.3, 0.4) is 0 Å². The Labute approximate surface area is 124 Å². The standard InChI is InChI=1S/C17H29N3/c1-3-16(2)20-13-11-19(12-14-20)10-9-18-15-17-7-5-4-6-8-17/h4-8,16,18H,3,9-15H2,1-2H3. The maximum atomic E-state index is 3.54. The number of nitrogens with zero attached hydrogens (tertiary/aromatic N) is 2. The second-order valence-electron chi connectivity index (χ2n) is 5.80. The molecule has 1 unspecified atom stereocenters. The summed E-state index contributed by atoms with van der Waals surface area (Å²) in [6.07, 6.45) is 1.26. The van der Waals surface area contributed by atoms with Crippen LogP contribution in [0.5, 0.6) is 0 Å². The fourth-order valence-corrected chi connectivity index (χ4v) is 2.75. The van der Waals surface area contributed by atoms with Crippen molar-refractivity contribution in [3.8, 4) is 0 Å². The monoisotopic (exact) mass is 275 g/mol. The Morgan fingerprint density at radius 3 is 2.45 bits per heavy atom. The molecule has 1 atom stereocenters. The summed E-state index contributed by atoms with van der Waals surface area (Å²) >= 11 is 0. The van der Waals surface area contributed by atoms with Gasteiger partial charge in [0.15, 0.2) is 0 Å². The molecule has 1 fully saturated rings. The number of hydrogen-bond acceptors (Lipinski definition) is 3. The first-order valence-corrected chi connectivity index (χ1v) is 8.00. The smallest absolute Gasteiger partial charge is 0.0206 e. The van der Waals surface area contributed by atoms with E-state index >= 15 is 0 Å². The molecule has 2 rings (SSSR count). The predicted octanol–water partition coefficient (Wildman–Crippen LogP) is 2.19. The van der Waals surface area contributed by atoms with Gasteiger partial charge in [-0.2, -0.15) is 0 Å². The lowest BCUT2D eigenvalue weighted by Crippen LogP contribution is -2.50. The molecular formula is C17H29N3. The summed E-state index contributed by atoms with van der Waals surface area (Å²) in [6, 6.07) is 11.4. The lowest BCUT2D eigenvalue weighted by atomic mass is 10.2. The molecule has 0 aliphatic carbocycles. The largest absolute Gasteiger partial charge is 0.311 e. The summed E-state index contributed by atoms with van der Waals surface area (Å²) in [7, 11) is 0. The van der Waals surface area contributed by atoms with E-state index in [2.05, 4.69) is 59.3 Å². The first-order chi connectivity index (χ1) is 9.79. The molecule has 1 aliphatic rings. The van der Waals surface area contributed by atoms with E-state index in [1.165, 1.54) is 44.7 Å². The van der Waals surface area contributed by atoms with Crippen LogP contribution in [0, 0.1) is 0 Å². The Morgan fingerprint density at radius 2 is 1.80 bits per heavy atom. The van der Waals surface area contributed by atoms with Crippen LogP contribution in [0.1, 0.15) is 25.8 Å². The third-order valence-electron chi connectivity index (χ3n) is 4.40. The SMILES string of the molecule is CCC(C)N1CCN(CCNCc2ccccc2)CC1. The van der Waals surface area contributed by atoms with E-state index < -0.39 is 0 Å². The zero-order valence-electron chi connectivity index (χ0n) is 13.0. The van der Waals surface area contributed by atoms with Gasteiger partial charge in [-0.15, -0.1) is 0 Å². The zero-order valence-corrected chi connectivity index (χ0v) is 13.0. The van der Waals surface area contributed by atoms with Crippen LogP contribution in [0.2, 0.25) is 0 Å². The van der Waals surface area contributed by atoms with Gasteiger partial charge < -0.3 is 5.32 Å². The molecule has 1 N–H and O–H groups in total. The van der Waals surface area contributed by atoms with Gasteiger partial charge in [0.05, 0.1) is 0 Å². The highest BCUT2D eigenvalue weighted by molar-refractivity contribution is 5.14. The van der Waals surface area contributed by atoms with Gasteiger partial charge in [-0.1, -0.05) is 37.3 Å². The van der Waals surface area contributed by atoms with Crippen molar-refractivity contribution >= 4 is 0 Å². The number of nitrogens with one attached hydrogen (secondary N) is 1. The van der Waals surface area contributed by atoms with Gasteiger partial charge in [0, 0.05) is 51.9 Å². The highest BCUT2D eigenvalue weighted by atomic mass is 15.3. The molecule has 1 aliphatic heterocycles. The van der Waals surface area contributed by atoms with Gasteiger partial charge in [-0.3, -0.25) is 9.80 Å². The first kappa shape index (κ1) is 15.5. The van der Waals surface area contributed by atoms with E-state index in [0.717, 1.165) is 19.1 Å². The maximum absolute atomic E-state index is 3.54. The molecule has 3 nitrogen and oxygen atoms in total. The third-order valence-corrected chi connectivity index (χ3v) is 4.40. The predicted molar refractivity (Wildman–Crippen MR) is 85.9 cm³/mol. The van der Waals surface area contributed by atoms with Crippen molar-refractivity contribution in [2.45, 2.75) is 32.9 Å². The molecule has 0 aromatic heterocycles. The van der Waals surface area contributed by atoms with Gasteiger partial charge in [-0.25, -0.2) is 0 Å². The van der Waals surface area contributed by atoms with Gasteiger partial charge in [0.25, 0.3) is 0 Å². The minimum absolute atomic E-state index is 0.744. The molecule has 1 aromatic rings. The summed E-state index contributed by atoms with van der Waals surface area (Å²) in [4.78, 5) is 5.20. The van der Waals surface area contributed by atoms with Crippen LogP contribution in [0.15, 0.2) is 30.3 Å². The van der Waals surface area contributed by atoms with Gasteiger partial charge >= 0.3 is 0 Å². The molecule has 112 valence electrons. The number of piperazine rings is 1. The normalized spacial score (nSPS) is 19.1. The van der Waals surface area contributed by atoms with E-state index in [4.69, 9.17) is 0 Å². The van der Waals surface area contributed by atoms with Crippen molar-refractivity contribution in [2.75, 3.05) is 39.3 Å². The van der Waals surface area contributed by atoms with Crippen LogP contribution in [0.25, 0.3) is 0 Å². The second-order valence-corrected chi connectivity index (χ2v) is 5.80. The molecular weight excluding hydrogens is 246 g/mol. The second kappa shape index (κ2) is 8.40. The maximum Gasteiger partial charge on any atom is 0.0206 e. The molecule has 1 saturated heterocycles. The Hall–Kier alpha value is -0.900. The highest BCUT2D eigenvalue weighted by Gasteiger charge is 2.19. The van der Waals surface area contributed by atoms with Crippen LogP contribution < -0.4 is 5.32 Å². The van der Waals surface area contributed by atoms with Crippen LogP contribution in [-0.2, 0) is 6.54 Å². The van der Waals surface area contributed by atoms with E-state index in [1.54, 1.807) is 0 Å². The molecule has 3 heteroatoms. The first-order valence-electron chi connectivity index (χ1n) is 8.00. The Balaban J connectivity index is 1.57. The van der Waals surface area contributed by atoms with Gasteiger partial charge in [0.1, 0.15) is 0 Å². The molecule has 0 saturated carbocycles. The Bertz CT molecular complexity index is 358. The third kappa shape index (κ3) is 4.89. The quantitative estimate of drug-likeness (QED) is 0.770. The van der Waals surface area contributed by atoms with Crippen LogP contribution in [-0.4, -0.2) is 55.1 Å². The van der Waals surface area contributed by atoms with Crippen molar-refractivity contribution in [3.63, 3.8) is 0 Å². The summed E-state index contributed by atoms with van der Waals surface area (Å²) < 4.78 is 0. The molecule has 1 heterocycles. The van der Waals surface area contributed by atoms with Crippen LogP contribution >= 0.6 is 0 Å². The molecule has 1 aromatic carbocycles. The summed E-state index contributed by atoms with van der Waals surface area (Å²) in [6.45, 7) is 12.8. The number of benzene rings is 1. The van der Waals surface area contributed by atoms with E-state index in [9.17, 15) is 0 Å². The van der Waals surface area contributed by atoms with Crippen molar-refractivity contribution in [3.05, 3.63) is 35.9 Å². The number of hydrogen-bond donors (Lipinski definition) is 1. The molecule has 0 radical (unpaired) electrons. The topological polar surface area (TPSA) is 18.5 Å². The highest BCUT2D eigenvalue weighted by Crippen LogP contribution is 2.08. The van der Waals surface area contributed by atoms with E-state index in [0.29, 0.717) is 0 Å². The average Bonchev–Trinajstić information content (AvgIpc) is 2.52. The van der Waals surface area contributed by atoms with Gasteiger partial charge in [0.2, 0.25) is 0 Å². The zero-order chi connectivity index (χ0) is 14.2. The molecule has 0 bridgehead atoms. The Kier molecular flexibility index (Phi) is 6.51. The van der Waals surface area contributed by atoms with Crippen molar-refractivity contribution in [1.82, 2.24) is 15.1 Å². The summed E-state index contributed by atoms with van der Waals surface area (Å²) in [5.74, 6) is 0. The number of rotatable bonds is 7. The lowest BCUT2D eigenvalue weighted by Gasteiger charge is -2.37.